The second kappa shape index (κ2) is 8.91. The van der Waals surface area contributed by atoms with Gasteiger partial charge in [0.1, 0.15) is 0 Å². The Morgan fingerprint density at radius 2 is 2.18 bits per heavy atom. The molecular weight excluding hydrogens is 438 g/mol. The molecule has 0 radical (unpaired) electrons. The predicted octanol–water partition coefficient (Wildman–Crippen LogP) is 4.88. The van der Waals surface area contributed by atoms with E-state index < -0.39 is 0 Å². The van der Waals surface area contributed by atoms with Crippen molar-refractivity contribution < 1.29 is 9.59 Å². The summed E-state index contributed by atoms with van der Waals surface area (Å²) in [5.41, 5.74) is 0.726. The molecule has 3 aromatic heterocycles. The van der Waals surface area contributed by atoms with E-state index >= 15 is 0 Å². The number of aromatic nitrogens is 4. The zero-order valence-electron chi connectivity index (χ0n) is 14.8. The number of nitrogens with one attached hydrogen (secondary N) is 2. The highest BCUT2D eigenvalue weighted by molar-refractivity contribution is 7.71. The van der Waals surface area contributed by atoms with Gasteiger partial charge >= 0.3 is 0 Å². The topological polar surface area (TPSA) is 92.7 Å². The Morgan fingerprint density at radius 3 is 2.86 bits per heavy atom. The summed E-state index contributed by atoms with van der Waals surface area (Å²) in [4.78, 5) is 30.0. The van der Waals surface area contributed by atoms with Crippen LogP contribution in [0.2, 0.25) is 4.34 Å². The molecule has 0 spiro atoms. The van der Waals surface area contributed by atoms with Crippen molar-refractivity contribution >= 4 is 63.3 Å². The van der Waals surface area contributed by atoms with Gasteiger partial charge in [0.25, 0.3) is 0 Å². The van der Waals surface area contributed by atoms with Crippen molar-refractivity contribution in [1.82, 2.24) is 19.7 Å². The van der Waals surface area contributed by atoms with Gasteiger partial charge in [-0.3, -0.25) is 19.3 Å². The maximum atomic E-state index is 12.2. The Balaban J connectivity index is 1.66. The molecule has 11 heteroatoms. The van der Waals surface area contributed by atoms with E-state index in [1.165, 1.54) is 22.7 Å². The number of amides is 1. The van der Waals surface area contributed by atoms with Gasteiger partial charge in [0.2, 0.25) is 5.91 Å². The average molecular weight is 454 g/mol. The molecule has 0 fully saturated rings. The van der Waals surface area contributed by atoms with E-state index in [1.807, 2.05) is 6.92 Å². The van der Waals surface area contributed by atoms with Crippen molar-refractivity contribution in [1.29, 1.82) is 0 Å². The zero-order valence-corrected chi connectivity index (χ0v) is 18.0. The summed E-state index contributed by atoms with van der Waals surface area (Å²) in [6.07, 6.45) is 1.90. The minimum Gasteiger partial charge on any atom is -0.302 e. The SMILES string of the molecule is C=CCn1c(-c2sc(NC(=O)CCC(=O)c3ccc(Cl)s3)nc2C)n[nH]c1=S. The second-order valence-electron chi connectivity index (χ2n) is 5.76. The number of hydrogen-bond donors (Lipinski definition) is 2. The van der Waals surface area contributed by atoms with E-state index in [2.05, 4.69) is 27.1 Å². The first kappa shape index (κ1) is 20.6. The van der Waals surface area contributed by atoms with E-state index in [0.29, 0.717) is 31.5 Å². The number of aryl methyl sites for hydroxylation is 1. The van der Waals surface area contributed by atoms with Gasteiger partial charge in [-0.05, 0) is 31.3 Å². The fraction of sp³-hybridized carbons (Fsp3) is 0.235. The van der Waals surface area contributed by atoms with Crippen molar-refractivity contribution in [2.45, 2.75) is 26.3 Å². The van der Waals surface area contributed by atoms with Crippen molar-refractivity contribution in [3.05, 3.63) is 44.5 Å². The van der Waals surface area contributed by atoms with Crippen LogP contribution in [0.5, 0.6) is 0 Å². The lowest BCUT2D eigenvalue weighted by Crippen LogP contribution is -2.13. The van der Waals surface area contributed by atoms with Crippen molar-refractivity contribution in [3.63, 3.8) is 0 Å². The summed E-state index contributed by atoms with van der Waals surface area (Å²) in [5.74, 6) is 0.259. The lowest BCUT2D eigenvalue weighted by Gasteiger charge is -2.01. The Kier molecular flexibility index (Phi) is 6.55. The molecule has 28 heavy (non-hydrogen) atoms. The molecule has 0 aliphatic rings. The van der Waals surface area contributed by atoms with Crippen LogP contribution < -0.4 is 5.32 Å². The number of ketones is 1. The Bertz CT molecular complexity index is 1090. The summed E-state index contributed by atoms with van der Waals surface area (Å²) < 4.78 is 2.84. The Morgan fingerprint density at radius 1 is 1.39 bits per heavy atom. The van der Waals surface area contributed by atoms with Crippen LogP contribution in [0.3, 0.4) is 0 Å². The quantitative estimate of drug-likeness (QED) is 0.288. The van der Waals surface area contributed by atoms with E-state index in [4.69, 9.17) is 23.8 Å². The molecule has 3 aromatic rings. The first-order chi connectivity index (χ1) is 13.4. The van der Waals surface area contributed by atoms with Crippen molar-refractivity contribution in [2.75, 3.05) is 5.32 Å². The Labute approximate surface area is 179 Å². The summed E-state index contributed by atoms with van der Waals surface area (Å²) in [7, 11) is 0. The van der Waals surface area contributed by atoms with Crippen LogP contribution in [0.15, 0.2) is 24.8 Å². The molecule has 7 nitrogen and oxygen atoms in total. The first-order valence-corrected chi connectivity index (χ1v) is 10.6. The molecule has 3 rings (SSSR count). The fourth-order valence-corrected chi connectivity index (χ4v) is 4.64. The number of anilines is 1. The summed E-state index contributed by atoms with van der Waals surface area (Å²) in [6, 6.07) is 3.33. The molecule has 0 bridgehead atoms. The van der Waals surface area contributed by atoms with Gasteiger partial charge < -0.3 is 5.32 Å². The molecule has 146 valence electrons. The number of nitrogens with zero attached hydrogens (tertiary/aromatic N) is 3. The summed E-state index contributed by atoms with van der Waals surface area (Å²) in [5, 5.41) is 10.2. The third-order valence-electron chi connectivity index (χ3n) is 3.74. The number of carbonyl (C=O) groups excluding carboxylic acids is 2. The van der Waals surface area contributed by atoms with Gasteiger partial charge in [-0.2, -0.15) is 5.10 Å². The van der Waals surface area contributed by atoms with Gasteiger partial charge in [-0.25, -0.2) is 4.98 Å². The lowest BCUT2D eigenvalue weighted by atomic mass is 10.2. The van der Waals surface area contributed by atoms with Crippen LogP contribution in [0, 0.1) is 11.7 Å². The average Bonchev–Trinajstić information content (AvgIpc) is 3.33. The number of Topliss-reactive ketones (excluding diaryl/α,β-unsaturated/α-hetero) is 1. The van der Waals surface area contributed by atoms with Crippen LogP contribution in [-0.2, 0) is 11.3 Å². The van der Waals surface area contributed by atoms with Crippen LogP contribution >= 0.6 is 46.5 Å². The number of carbonyl (C=O) groups is 2. The largest absolute Gasteiger partial charge is 0.302 e. The smallest absolute Gasteiger partial charge is 0.226 e. The van der Waals surface area contributed by atoms with Gasteiger partial charge in [-0.15, -0.1) is 17.9 Å². The van der Waals surface area contributed by atoms with Gasteiger partial charge in [0.05, 0.1) is 19.8 Å². The lowest BCUT2D eigenvalue weighted by molar-refractivity contribution is -0.116. The van der Waals surface area contributed by atoms with Crippen LogP contribution in [0.1, 0.15) is 28.2 Å². The fourth-order valence-electron chi connectivity index (χ4n) is 2.44. The molecule has 0 unspecified atom stereocenters. The number of rotatable bonds is 8. The molecule has 0 saturated carbocycles. The minimum atomic E-state index is -0.277. The monoisotopic (exact) mass is 453 g/mol. The van der Waals surface area contributed by atoms with Gasteiger partial charge in [0.15, 0.2) is 21.5 Å². The molecule has 2 N–H and O–H groups in total. The number of aromatic amines is 1. The third-order valence-corrected chi connectivity index (χ3v) is 6.40. The highest BCUT2D eigenvalue weighted by Gasteiger charge is 2.18. The Hall–Kier alpha value is -2.14. The molecule has 0 aliphatic carbocycles. The highest BCUT2D eigenvalue weighted by atomic mass is 35.5. The number of H-pyrrole nitrogens is 1. The number of thiazole rings is 1. The highest BCUT2D eigenvalue weighted by Crippen LogP contribution is 2.32. The number of allylic oxidation sites excluding steroid dienone is 1. The standard InChI is InChI=1S/C17H16ClN5O2S3/c1-3-8-23-15(21-22-17(23)26)14-9(2)19-16(28-14)20-13(25)7-4-10(24)11-5-6-12(18)27-11/h3,5-6H,1,4,7-8H2,2H3,(H,22,26)(H,19,20,25). The van der Waals surface area contributed by atoms with Gasteiger partial charge in [0, 0.05) is 19.4 Å². The zero-order chi connectivity index (χ0) is 20.3. The van der Waals surface area contributed by atoms with Gasteiger partial charge in [-0.1, -0.05) is 29.0 Å². The maximum Gasteiger partial charge on any atom is 0.226 e. The third kappa shape index (κ3) is 4.64. The molecule has 0 saturated heterocycles. The molecular formula is C17H16ClN5O2S3. The first-order valence-electron chi connectivity index (χ1n) is 8.21. The van der Waals surface area contributed by atoms with E-state index in [0.717, 1.165) is 10.6 Å². The van der Waals surface area contributed by atoms with Crippen LogP contribution in [0.25, 0.3) is 10.7 Å². The van der Waals surface area contributed by atoms with E-state index in [9.17, 15) is 9.59 Å². The minimum absolute atomic E-state index is 0.0670. The molecule has 0 aliphatic heterocycles. The maximum absolute atomic E-state index is 12.2. The molecule has 0 atom stereocenters. The van der Waals surface area contributed by atoms with E-state index in [-0.39, 0.29) is 24.5 Å². The number of thiophene rings is 1. The molecule has 0 aromatic carbocycles. The van der Waals surface area contributed by atoms with Crippen molar-refractivity contribution in [2.24, 2.45) is 0 Å². The number of hydrogen-bond acceptors (Lipinski definition) is 7. The summed E-state index contributed by atoms with van der Waals surface area (Å²) in [6.45, 7) is 6.07. The van der Waals surface area contributed by atoms with Crippen molar-refractivity contribution in [3.8, 4) is 10.7 Å². The predicted molar refractivity (Wildman–Crippen MR) is 115 cm³/mol. The normalized spacial score (nSPS) is 10.8. The molecule has 1 amide bonds. The second-order valence-corrected chi connectivity index (χ2v) is 8.86. The van der Waals surface area contributed by atoms with Crippen LogP contribution in [-0.4, -0.2) is 31.4 Å². The number of halogens is 1. The molecule has 3 heterocycles. The van der Waals surface area contributed by atoms with E-state index in [1.54, 1.807) is 22.8 Å². The summed E-state index contributed by atoms with van der Waals surface area (Å²) >= 11 is 13.6. The van der Waals surface area contributed by atoms with Crippen LogP contribution in [0.4, 0.5) is 5.13 Å².